The molecule has 92 valence electrons. The lowest BCUT2D eigenvalue weighted by atomic mass is 10.1. The summed E-state index contributed by atoms with van der Waals surface area (Å²) < 4.78 is 5.41. The highest BCUT2D eigenvalue weighted by atomic mass is 16.5. The molecule has 0 aliphatic rings. The molecule has 1 heterocycles. The Kier molecular flexibility index (Phi) is 4.49. The molecule has 0 aliphatic carbocycles. The van der Waals surface area contributed by atoms with Gasteiger partial charge in [0.25, 0.3) is 0 Å². The Hall–Kier alpha value is -2.14. The average Bonchev–Trinajstić information content (AvgIpc) is 2.46. The molecular formula is C13H14N4O. The van der Waals surface area contributed by atoms with E-state index in [-0.39, 0.29) is 6.10 Å². The van der Waals surface area contributed by atoms with Crippen molar-refractivity contribution < 1.29 is 4.74 Å². The monoisotopic (exact) mass is 242 g/mol. The van der Waals surface area contributed by atoms with Crippen molar-refractivity contribution >= 4 is 6.21 Å². The molecule has 0 spiro atoms. The fraction of sp³-hybridized carbons (Fsp3) is 0.231. The maximum Gasteiger partial charge on any atom is 0.173 e. The second-order valence-corrected chi connectivity index (χ2v) is 3.63. The third-order valence-electron chi connectivity index (χ3n) is 2.45. The number of nitrogens with zero attached hydrogens (tertiary/aromatic N) is 4. The van der Waals surface area contributed by atoms with E-state index in [0.717, 1.165) is 5.56 Å². The van der Waals surface area contributed by atoms with Gasteiger partial charge in [0.15, 0.2) is 5.82 Å². The lowest BCUT2D eigenvalue weighted by Gasteiger charge is -2.12. The number of rotatable bonds is 5. The highest BCUT2D eigenvalue weighted by molar-refractivity contribution is 5.73. The van der Waals surface area contributed by atoms with E-state index in [0.29, 0.717) is 12.4 Å². The molecule has 0 N–H and O–H groups in total. The van der Waals surface area contributed by atoms with Gasteiger partial charge < -0.3 is 4.74 Å². The summed E-state index contributed by atoms with van der Waals surface area (Å²) in [5.41, 5.74) is 1.10. The molecule has 1 aromatic carbocycles. The van der Waals surface area contributed by atoms with Crippen LogP contribution >= 0.6 is 0 Å². The van der Waals surface area contributed by atoms with Crippen molar-refractivity contribution in [1.29, 1.82) is 0 Å². The van der Waals surface area contributed by atoms with Crippen LogP contribution in [0.2, 0.25) is 0 Å². The first-order chi connectivity index (χ1) is 8.90. The van der Waals surface area contributed by atoms with Gasteiger partial charge >= 0.3 is 0 Å². The molecule has 5 heteroatoms. The summed E-state index contributed by atoms with van der Waals surface area (Å²) in [7, 11) is 1.68. The summed E-state index contributed by atoms with van der Waals surface area (Å²) in [6, 6.07) is 9.98. The predicted octanol–water partition coefficient (Wildman–Crippen LogP) is 1.68. The molecule has 0 radical (unpaired) electrons. The molecular weight excluding hydrogens is 228 g/mol. The largest absolute Gasteiger partial charge is 0.375 e. The Balaban J connectivity index is 1.98. The maximum absolute atomic E-state index is 5.41. The lowest BCUT2D eigenvalue weighted by Crippen LogP contribution is -2.05. The first kappa shape index (κ1) is 12.3. The molecule has 5 nitrogen and oxygen atoms in total. The molecule has 0 saturated carbocycles. The van der Waals surface area contributed by atoms with Crippen LogP contribution < -0.4 is 0 Å². The summed E-state index contributed by atoms with van der Waals surface area (Å²) in [4.78, 5) is 16.0. The number of hydrogen-bond acceptors (Lipinski definition) is 5. The number of ether oxygens (including phenoxy) is 1. The number of hydrogen-bond donors (Lipinski definition) is 0. The first-order valence-electron chi connectivity index (χ1n) is 5.59. The van der Waals surface area contributed by atoms with Crippen molar-refractivity contribution in [2.45, 2.75) is 6.10 Å². The lowest BCUT2D eigenvalue weighted by molar-refractivity contribution is 0.111. The Labute approximate surface area is 106 Å². The minimum atomic E-state index is -0.0516. The van der Waals surface area contributed by atoms with Crippen molar-refractivity contribution in [1.82, 2.24) is 15.0 Å². The highest BCUT2D eigenvalue weighted by Crippen LogP contribution is 2.15. The van der Waals surface area contributed by atoms with Gasteiger partial charge in [0.05, 0.1) is 12.8 Å². The van der Waals surface area contributed by atoms with Crippen molar-refractivity contribution in [3.05, 3.63) is 54.4 Å². The maximum atomic E-state index is 5.41. The van der Waals surface area contributed by atoms with E-state index in [2.05, 4.69) is 19.9 Å². The fourth-order valence-corrected chi connectivity index (χ4v) is 1.53. The molecule has 2 rings (SSSR count). The van der Waals surface area contributed by atoms with Crippen LogP contribution in [0.1, 0.15) is 17.5 Å². The molecule has 1 atom stereocenters. The Morgan fingerprint density at radius 3 is 2.61 bits per heavy atom. The molecule has 2 aromatic rings. The van der Waals surface area contributed by atoms with Crippen molar-refractivity contribution in [3.8, 4) is 0 Å². The molecule has 1 aromatic heterocycles. The first-order valence-corrected chi connectivity index (χ1v) is 5.59. The van der Waals surface area contributed by atoms with Crippen molar-refractivity contribution in [3.63, 3.8) is 0 Å². The minimum absolute atomic E-state index is 0.0516. The molecule has 0 saturated heterocycles. The van der Waals surface area contributed by atoms with Gasteiger partial charge in [0.2, 0.25) is 0 Å². The van der Waals surface area contributed by atoms with Gasteiger partial charge in [-0.1, -0.05) is 30.3 Å². The summed E-state index contributed by atoms with van der Waals surface area (Å²) in [5, 5.41) is 0. The van der Waals surface area contributed by atoms with Crippen LogP contribution in [0, 0.1) is 0 Å². The molecule has 1 unspecified atom stereocenters. The number of benzene rings is 1. The summed E-state index contributed by atoms with van der Waals surface area (Å²) in [5.74, 6) is 0.549. The Morgan fingerprint density at radius 1 is 1.22 bits per heavy atom. The smallest absolute Gasteiger partial charge is 0.173 e. The standard InChI is InChI=1S/C13H14N4O/c1-18-12(11-5-3-2-4-6-11)7-14-8-13-16-9-15-10-17-13/h2-6,8-10,12H,7H2,1H3. The van der Waals surface area contributed by atoms with Crippen molar-refractivity contribution in [2.75, 3.05) is 13.7 Å². The Morgan fingerprint density at radius 2 is 1.94 bits per heavy atom. The number of aromatic nitrogens is 3. The molecule has 0 fully saturated rings. The van der Waals surface area contributed by atoms with Crippen LogP contribution in [0.4, 0.5) is 0 Å². The van der Waals surface area contributed by atoms with Crippen LogP contribution in [0.5, 0.6) is 0 Å². The Bertz CT molecular complexity index is 487. The van der Waals surface area contributed by atoms with Gasteiger partial charge in [-0.15, -0.1) is 0 Å². The van der Waals surface area contributed by atoms with Gasteiger partial charge in [-0.25, -0.2) is 15.0 Å². The zero-order chi connectivity index (χ0) is 12.6. The normalized spacial score (nSPS) is 12.7. The second-order valence-electron chi connectivity index (χ2n) is 3.63. The van der Waals surface area contributed by atoms with E-state index in [1.165, 1.54) is 12.7 Å². The topological polar surface area (TPSA) is 60.3 Å². The number of methoxy groups -OCH3 is 1. The summed E-state index contributed by atoms with van der Waals surface area (Å²) >= 11 is 0. The predicted molar refractivity (Wildman–Crippen MR) is 68.5 cm³/mol. The van der Waals surface area contributed by atoms with Gasteiger partial charge in [-0.2, -0.15) is 0 Å². The van der Waals surface area contributed by atoms with E-state index in [1.54, 1.807) is 13.3 Å². The zero-order valence-electron chi connectivity index (χ0n) is 10.1. The van der Waals surface area contributed by atoms with Crippen LogP contribution in [0.15, 0.2) is 48.0 Å². The molecule has 0 aliphatic heterocycles. The van der Waals surface area contributed by atoms with Crippen LogP contribution in [0.3, 0.4) is 0 Å². The van der Waals surface area contributed by atoms with Crippen molar-refractivity contribution in [2.24, 2.45) is 4.99 Å². The van der Waals surface area contributed by atoms with E-state index in [9.17, 15) is 0 Å². The average molecular weight is 242 g/mol. The van der Waals surface area contributed by atoms with E-state index in [1.807, 2.05) is 30.3 Å². The van der Waals surface area contributed by atoms with Crippen LogP contribution in [-0.4, -0.2) is 34.8 Å². The van der Waals surface area contributed by atoms with Crippen LogP contribution in [-0.2, 0) is 4.74 Å². The van der Waals surface area contributed by atoms with Gasteiger partial charge in [-0.05, 0) is 5.56 Å². The minimum Gasteiger partial charge on any atom is -0.375 e. The second kappa shape index (κ2) is 6.56. The molecule has 0 bridgehead atoms. The summed E-state index contributed by atoms with van der Waals surface area (Å²) in [6.07, 6.45) is 4.46. The van der Waals surface area contributed by atoms with E-state index < -0.39 is 0 Å². The SMILES string of the molecule is COC(CN=Cc1ncncn1)c1ccccc1. The highest BCUT2D eigenvalue weighted by Gasteiger charge is 2.07. The molecule has 18 heavy (non-hydrogen) atoms. The van der Waals surface area contributed by atoms with Gasteiger partial charge in [0, 0.05) is 7.11 Å². The van der Waals surface area contributed by atoms with E-state index in [4.69, 9.17) is 4.74 Å². The molecule has 0 amide bonds. The fourth-order valence-electron chi connectivity index (χ4n) is 1.53. The third kappa shape index (κ3) is 3.43. The quantitative estimate of drug-likeness (QED) is 0.748. The summed E-state index contributed by atoms with van der Waals surface area (Å²) in [6.45, 7) is 0.534. The third-order valence-corrected chi connectivity index (χ3v) is 2.45. The zero-order valence-corrected chi connectivity index (χ0v) is 10.1. The van der Waals surface area contributed by atoms with Gasteiger partial charge in [-0.3, -0.25) is 4.99 Å². The van der Waals surface area contributed by atoms with Gasteiger partial charge in [0.1, 0.15) is 18.8 Å². The van der Waals surface area contributed by atoms with E-state index >= 15 is 0 Å². The van der Waals surface area contributed by atoms with Crippen LogP contribution in [0.25, 0.3) is 0 Å². The number of aliphatic imine (C=N–C) groups is 1.